The molecule has 0 aromatic rings. The van der Waals surface area contributed by atoms with Crippen molar-refractivity contribution in [3.05, 3.63) is 12.7 Å². The van der Waals surface area contributed by atoms with Gasteiger partial charge in [-0.25, -0.2) is 0 Å². The summed E-state index contributed by atoms with van der Waals surface area (Å²) in [7, 11) is -1.58. The van der Waals surface area contributed by atoms with Gasteiger partial charge in [-0.05, 0) is 18.1 Å². The minimum atomic E-state index is -1.58. The van der Waals surface area contributed by atoms with Gasteiger partial charge in [-0.2, -0.15) is 0 Å². The number of hydrogen-bond acceptors (Lipinski definition) is 2. The first-order valence-electron chi connectivity index (χ1n) is 5.20. The highest BCUT2D eigenvalue weighted by Crippen LogP contribution is 2.37. The van der Waals surface area contributed by atoms with Gasteiger partial charge in [0.15, 0.2) is 8.32 Å². The minimum Gasteiger partial charge on any atom is -0.414 e. The van der Waals surface area contributed by atoms with Crippen molar-refractivity contribution in [3.63, 3.8) is 0 Å². The number of epoxide rings is 1. The molecule has 0 spiro atoms. The van der Waals surface area contributed by atoms with Crippen LogP contribution in [0.3, 0.4) is 0 Å². The SMILES string of the molecule is C=C[C@@H]1O[C@H]1CO[Si](C)(C)C(C)(C)C. The van der Waals surface area contributed by atoms with Gasteiger partial charge >= 0.3 is 0 Å². The molecule has 1 fully saturated rings. The highest BCUT2D eigenvalue weighted by molar-refractivity contribution is 6.74. The van der Waals surface area contributed by atoms with Crippen LogP contribution >= 0.6 is 0 Å². The van der Waals surface area contributed by atoms with Gasteiger partial charge in [-0.1, -0.05) is 26.8 Å². The maximum Gasteiger partial charge on any atom is 0.192 e. The normalized spacial score (nSPS) is 27.5. The van der Waals surface area contributed by atoms with E-state index in [2.05, 4.69) is 40.4 Å². The minimum absolute atomic E-state index is 0.236. The molecule has 0 bridgehead atoms. The molecular formula is C11H22O2Si. The molecule has 0 aliphatic carbocycles. The van der Waals surface area contributed by atoms with Crippen molar-refractivity contribution in [2.24, 2.45) is 0 Å². The average Bonchev–Trinajstić information content (AvgIpc) is 2.77. The van der Waals surface area contributed by atoms with E-state index in [0.717, 1.165) is 6.61 Å². The van der Waals surface area contributed by atoms with Crippen LogP contribution in [0, 0.1) is 0 Å². The van der Waals surface area contributed by atoms with Gasteiger partial charge in [0.05, 0.1) is 6.61 Å². The first kappa shape index (κ1) is 11.9. The molecule has 1 rings (SSSR count). The lowest BCUT2D eigenvalue weighted by molar-refractivity contribution is 0.242. The lowest BCUT2D eigenvalue weighted by atomic mass is 10.2. The summed E-state index contributed by atoms with van der Waals surface area (Å²) in [4.78, 5) is 0. The molecule has 1 saturated heterocycles. The Morgan fingerprint density at radius 3 is 2.36 bits per heavy atom. The van der Waals surface area contributed by atoms with Crippen molar-refractivity contribution in [1.29, 1.82) is 0 Å². The summed E-state index contributed by atoms with van der Waals surface area (Å²) < 4.78 is 11.4. The van der Waals surface area contributed by atoms with Crippen molar-refractivity contribution >= 4 is 8.32 Å². The molecule has 2 atom stereocenters. The summed E-state index contributed by atoms with van der Waals surface area (Å²) in [6.07, 6.45) is 2.35. The summed E-state index contributed by atoms with van der Waals surface area (Å²) in [5.74, 6) is 0. The third kappa shape index (κ3) is 2.68. The third-order valence-electron chi connectivity index (χ3n) is 3.27. The molecule has 82 valence electrons. The molecule has 0 saturated carbocycles. The molecule has 1 aliphatic rings. The Bertz CT molecular complexity index is 218. The number of rotatable bonds is 4. The van der Waals surface area contributed by atoms with E-state index >= 15 is 0 Å². The van der Waals surface area contributed by atoms with E-state index in [4.69, 9.17) is 9.16 Å². The summed E-state index contributed by atoms with van der Waals surface area (Å²) in [6, 6.07) is 0. The molecular weight excluding hydrogens is 192 g/mol. The summed E-state index contributed by atoms with van der Waals surface area (Å²) in [5, 5.41) is 0.283. The maximum atomic E-state index is 6.02. The topological polar surface area (TPSA) is 21.8 Å². The molecule has 0 N–H and O–H groups in total. The zero-order chi connectivity index (χ0) is 11.0. The smallest absolute Gasteiger partial charge is 0.192 e. The average molecular weight is 214 g/mol. The Morgan fingerprint density at radius 1 is 1.43 bits per heavy atom. The lowest BCUT2D eigenvalue weighted by Gasteiger charge is -2.35. The van der Waals surface area contributed by atoms with Crippen LogP contribution in [-0.2, 0) is 9.16 Å². The fourth-order valence-electron chi connectivity index (χ4n) is 1.00. The van der Waals surface area contributed by atoms with Crippen LogP contribution in [-0.4, -0.2) is 27.1 Å². The van der Waals surface area contributed by atoms with E-state index in [1.54, 1.807) is 0 Å². The fraction of sp³-hybridized carbons (Fsp3) is 0.818. The van der Waals surface area contributed by atoms with Crippen LogP contribution in [0.15, 0.2) is 12.7 Å². The summed E-state index contributed by atoms with van der Waals surface area (Å²) in [6.45, 7) is 15.7. The van der Waals surface area contributed by atoms with E-state index in [9.17, 15) is 0 Å². The van der Waals surface area contributed by atoms with Crippen LogP contribution in [0.5, 0.6) is 0 Å². The second-order valence-corrected chi connectivity index (χ2v) is 10.3. The number of ether oxygens (including phenoxy) is 1. The van der Waals surface area contributed by atoms with Crippen LogP contribution < -0.4 is 0 Å². The predicted octanol–water partition coefficient (Wildman–Crippen LogP) is 2.96. The van der Waals surface area contributed by atoms with Gasteiger partial charge in [-0.15, -0.1) is 6.58 Å². The van der Waals surface area contributed by atoms with Crippen LogP contribution in [0.25, 0.3) is 0 Å². The van der Waals surface area contributed by atoms with E-state index in [-0.39, 0.29) is 17.2 Å². The van der Waals surface area contributed by atoms with Crippen molar-refractivity contribution in [2.45, 2.75) is 51.1 Å². The third-order valence-corrected chi connectivity index (χ3v) is 7.77. The maximum absolute atomic E-state index is 6.02. The quantitative estimate of drug-likeness (QED) is 0.408. The zero-order valence-electron chi connectivity index (χ0n) is 9.96. The van der Waals surface area contributed by atoms with Gasteiger partial charge in [0.25, 0.3) is 0 Å². The lowest BCUT2D eigenvalue weighted by Crippen LogP contribution is -2.41. The highest BCUT2D eigenvalue weighted by atomic mass is 28.4. The molecule has 2 nitrogen and oxygen atoms in total. The first-order valence-corrected chi connectivity index (χ1v) is 8.11. The van der Waals surface area contributed by atoms with Crippen molar-refractivity contribution < 1.29 is 9.16 Å². The number of hydrogen-bond donors (Lipinski definition) is 0. The van der Waals surface area contributed by atoms with E-state index in [1.165, 1.54) is 0 Å². The van der Waals surface area contributed by atoms with Crippen molar-refractivity contribution in [1.82, 2.24) is 0 Å². The van der Waals surface area contributed by atoms with Gasteiger partial charge < -0.3 is 9.16 Å². The van der Waals surface area contributed by atoms with Gasteiger partial charge in [-0.3, -0.25) is 0 Å². The van der Waals surface area contributed by atoms with Gasteiger partial charge in [0.1, 0.15) is 12.2 Å². The van der Waals surface area contributed by atoms with Crippen LogP contribution in [0.1, 0.15) is 20.8 Å². The second-order valence-electron chi connectivity index (χ2n) is 5.45. The molecule has 0 radical (unpaired) electrons. The van der Waals surface area contributed by atoms with E-state index < -0.39 is 8.32 Å². The first-order chi connectivity index (χ1) is 6.28. The highest BCUT2D eigenvalue weighted by Gasteiger charge is 2.42. The van der Waals surface area contributed by atoms with E-state index in [1.807, 2.05) is 6.08 Å². The molecule has 3 heteroatoms. The fourth-order valence-corrected chi connectivity index (χ4v) is 2.02. The standard InChI is InChI=1S/C11H22O2Si/c1-7-9-10(13-9)8-12-14(5,6)11(2,3)4/h7,9-10H,1,8H2,2-6H3/t9-,10-/m0/s1. The Morgan fingerprint density at radius 2 is 2.00 bits per heavy atom. The monoisotopic (exact) mass is 214 g/mol. The Labute approximate surface area is 88.4 Å². The summed E-state index contributed by atoms with van der Waals surface area (Å²) >= 11 is 0. The van der Waals surface area contributed by atoms with Crippen LogP contribution in [0.2, 0.25) is 18.1 Å². The van der Waals surface area contributed by atoms with Gasteiger partial charge in [0, 0.05) is 0 Å². The molecule has 0 aromatic carbocycles. The van der Waals surface area contributed by atoms with Crippen molar-refractivity contribution in [2.75, 3.05) is 6.61 Å². The molecule has 0 unspecified atom stereocenters. The Balaban J connectivity index is 2.34. The molecule has 14 heavy (non-hydrogen) atoms. The molecule has 1 aliphatic heterocycles. The predicted molar refractivity (Wildman–Crippen MR) is 62.0 cm³/mol. The molecule has 0 amide bonds. The molecule has 1 heterocycles. The Kier molecular flexibility index (Phi) is 3.24. The van der Waals surface area contributed by atoms with Crippen LogP contribution in [0.4, 0.5) is 0 Å². The van der Waals surface area contributed by atoms with Gasteiger partial charge in [0.2, 0.25) is 0 Å². The second kappa shape index (κ2) is 3.80. The largest absolute Gasteiger partial charge is 0.414 e. The van der Waals surface area contributed by atoms with E-state index in [0.29, 0.717) is 0 Å². The zero-order valence-corrected chi connectivity index (χ0v) is 11.0. The molecule has 0 aromatic heterocycles. The summed E-state index contributed by atoms with van der Waals surface area (Å²) in [5.41, 5.74) is 0. The Hall–Kier alpha value is -0.123. The van der Waals surface area contributed by atoms with Crippen molar-refractivity contribution in [3.8, 4) is 0 Å².